The van der Waals surface area contributed by atoms with Crippen LogP contribution in [-0.4, -0.2) is 39.4 Å². The maximum Gasteiger partial charge on any atom is 0.249 e. The molecule has 0 bridgehead atoms. The van der Waals surface area contributed by atoms with Crippen LogP contribution in [-0.2, 0) is 14.8 Å². The van der Waals surface area contributed by atoms with E-state index in [1.54, 1.807) is 51.4 Å². The molecule has 9 nitrogen and oxygen atoms in total. The van der Waals surface area contributed by atoms with Crippen LogP contribution in [0.2, 0.25) is 0 Å². The fraction of sp³-hybridized carbons (Fsp3) is 0.294. The van der Waals surface area contributed by atoms with Gasteiger partial charge in [0.2, 0.25) is 21.9 Å². The Hall–Kier alpha value is -2.85. The van der Waals surface area contributed by atoms with Crippen LogP contribution >= 0.6 is 0 Å². The second kappa shape index (κ2) is 6.71. The van der Waals surface area contributed by atoms with Gasteiger partial charge < -0.3 is 0 Å². The van der Waals surface area contributed by atoms with Crippen LogP contribution in [0.4, 0.5) is 5.95 Å². The van der Waals surface area contributed by atoms with E-state index in [-0.39, 0.29) is 16.8 Å². The highest BCUT2D eigenvalue weighted by atomic mass is 32.2. The summed E-state index contributed by atoms with van der Waals surface area (Å²) in [5.41, 5.74) is 1.26. The first-order chi connectivity index (χ1) is 12.5. The highest BCUT2D eigenvalue weighted by molar-refractivity contribution is 7.89. The van der Waals surface area contributed by atoms with Gasteiger partial charge in [0.15, 0.2) is 5.65 Å². The number of nitrogens with one attached hydrogen (secondary N) is 2. The summed E-state index contributed by atoms with van der Waals surface area (Å²) in [5, 5.41) is 6.66. The molecule has 0 aliphatic heterocycles. The molecule has 2 N–H and O–H groups in total. The first-order valence-corrected chi connectivity index (χ1v) is 9.65. The largest absolute Gasteiger partial charge is 0.293 e. The van der Waals surface area contributed by atoms with Gasteiger partial charge in [-0.2, -0.15) is 4.98 Å². The fourth-order valence-electron chi connectivity index (χ4n) is 2.46. The molecule has 0 saturated carbocycles. The van der Waals surface area contributed by atoms with Crippen molar-refractivity contribution in [2.75, 3.05) is 5.32 Å². The SMILES string of the molecule is CC(=O)Nc1nc2cc(-c3cncc(S(=O)(=O)NC(C)(C)C)c3)ccn2n1. The molecule has 142 valence electrons. The highest BCUT2D eigenvalue weighted by Crippen LogP contribution is 2.23. The van der Waals surface area contributed by atoms with Gasteiger partial charge in [-0.1, -0.05) is 0 Å². The standard InChI is InChI=1S/C17H20N6O3S/c1-11(24)19-16-20-15-8-12(5-6-23(15)21-16)13-7-14(10-18-9-13)27(25,26)22-17(2,3)4/h5-10,22H,1-4H3,(H,19,21,24). The topological polar surface area (TPSA) is 118 Å². The average molecular weight is 388 g/mol. The summed E-state index contributed by atoms with van der Waals surface area (Å²) in [5.74, 6) is -0.0666. The van der Waals surface area contributed by atoms with Crippen LogP contribution in [0.25, 0.3) is 16.8 Å². The molecule has 0 aromatic carbocycles. The molecule has 0 aliphatic rings. The number of hydrogen-bond donors (Lipinski definition) is 2. The van der Waals surface area contributed by atoms with Crippen LogP contribution in [0.5, 0.6) is 0 Å². The third-order valence-electron chi connectivity index (χ3n) is 3.42. The number of rotatable bonds is 4. The van der Waals surface area contributed by atoms with Crippen molar-refractivity contribution in [1.29, 1.82) is 0 Å². The minimum Gasteiger partial charge on any atom is -0.293 e. The summed E-state index contributed by atoms with van der Waals surface area (Å²) in [4.78, 5) is 19.5. The summed E-state index contributed by atoms with van der Waals surface area (Å²) in [6.45, 7) is 6.69. The number of anilines is 1. The minimum absolute atomic E-state index is 0.0789. The molecule has 0 aliphatic carbocycles. The molecule has 3 aromatic heterocycles. The smallest absolute Gasteiger partial charge is 0.249 e. The van der Waals surface area contributed by atoms with Crippen molar-refractivity contribution in [3.8, 4) is 11.1 Å². The van der Waals surface area contributed by atoms with Crippen LogP contribution < -0.4 is 10.0 Å². The molecule has 0 atom stereocenters. The van der Waals surface area contributed by atoms with Gasteiger partial charge in [0.05, 0.1) is 0 Å². The maximum absolute atomic E-state index is 12.5. The lowest BCUT2D eigenvalue weighted by molar-refractivity contribution is -0.114. The Morgan fingerprint density at radius 1 is 1.15 bits per heavy atom. The third-order valence-corrected chi connectivity index (χ3v) is 5.15. The Kier molecular flexibility index (Phi) is 4.70. The summed E-state index contributed by atoms with van der Waals surface area (Å²) >= 11 is 0. The second-order valence-corrected chi connectivity index (χ2v) is 8.78. The van der Waals surface area contributed by atoms with Crippen molar-refractivity contribution >= 4 is 27.5 Å². The van der Waals surface area contributed by atoms with Gasteiger partial charge in [0.25, 0.3) is 0 Å². The molecule has 27 heavy (non-hydrogen) atoms. The lowest BCUT2D eigenvalue weighted by Crippen LogP contribution is -2.40. The van der Waals surface area contributed by atoms with E-state index in [0.717, 1.165) is 5.56 Å². The predicted molar refractivity (Wildman–Crippen MR) is 101 cm³/mol. The number of aromatic nitrogens is 4. The molecule has 0 saturated heterocycles. The summed E-state index contributed by atoms with van der Waals surface area (Å²) in [6.07, 6.45) is 4.56. The molecule has 10 heteroatoms. The Morgan fingerprint density at radius 2 is 1.89 bits per heavy atom. The number of sulfonamides is 1. The van der Waals surface area contributed by atoms with Crippen molar-refractivity contribution in [1.82, 2.24) is 24.3 Å². The summed E-state index contributed by atoms with van der Waals surface area (Å²) < 4.78 is 29.2. The molecule has 0 radical (unpaired) electrons. The summed E-state index contributed by atoms with van der Waals surface area (Å²) in [7, 11) is -3.69. The van der Waals surface area contributed by atoms with Crippen LogP contribution in [0.15, 0.2) is 41.7 Å². The average Bonchev–Trinajstić information content (AvgIpc) is 2.93. The number of amides is 1. The maximum atomic E-state index is 12.5. The Balaban J connectivity index is 1.98. The molecular formula is C17H20N6O3S. The number of fused-ring (bicyclic) bond motifs is 1. The van der Waals surface area contributed by atoms with Gasteiger partial charge in [0, 0.05) is 36.6 Å². The van der Waals surface area contributed by atoms with E-state index in [1.165, 1.54) is 17.6 Å². The zero-order chi connectivity index (χ0) is 19.8. The van der Waals surface area contributed by atoms with E-state index in [9.17, 15) is 13.2 Å². The number of nitrogens with zero attached hydrogens (tertiary/aromatic N) is 4. The number of hydrogen-bond acceptors (Lipinski definition) is 6. The van der Waals surface area contributed by atoms with Crippen LogP contribution in [0, 0.1) is 0 Å². The molecular weight excluding hydrogens is 368 g/mol. The zero-order valence-electron chi connectivity index (χ0n) is 15.4. The van der Waals surface area contributed by atoms with E-state index in [1.807, 2.05) is 0 Å². The van der Waals surface area contributed by atoms with Crippen molar-refractivity contribution < 1.29 is 13.2 Å². The van der Waals surface area contributed by atoms with Crippen molar-refractivity contribution in [2.24, 2.45) is 0 Å². The molecule has 0 spiro atoms. The van der Waals surface area contributed by atoms with Gasteiger partial charge in [-0.3, -0.25) is 15.1 Å². The summed E-state index contributed by atoms with van der Waals surface area (Å²) in [6, 6.07) is 5.06. The molecule has 3 heterocycles. The molecule has 3 rings (SSSR count). The first kappa shape index (κ1) is 18.9. The van der Waals surface area contributed by atoms with E-state index >= 15 is 0 Å². The minimum atomic E-state index is -3.69. The van der Waals surface area contributed by atoms with E-state index in [0.29, 0.717) is 11.2 Å². The molecule has 3 aromatic rings. The van der Waals surface area contributed by atoms with E-state index < -0.39 is 15.6 Å². The normalized spacial score (nSPS) is 12.3. The molecule has 1 amide bonds. The second-order valence-electron chi connectivity index (χ2n) is 7.10. The van der Waals surface area contributed by atoms with Gasteiger partial charge in [0.1, 0.15) is 4.90 Å². The number of carbonyl (C=O) groups excluding carboxylic acids is 1. The third kappa shape index (κ3) is 4.47. The van der Waals surface area contributed by atoms with Gasteiger partial charge in [-0.15, -0.1) is 5.10 Å². The molecule has 0 unspecified atom stereocenters. The fourth-order valence-corrected chi connectivity index (χ4v) is 3.86. The van der Waals surface area contributed by atoms with Crippen LogP contribution in [0.3, 0.4) is 0 Å². The van der Waals surface area contributed by atoms with Gasteiger partial charge in [-0.05, 0) is 44.5 Å². The van der Waals surface area contributed by atoms with Crippen molar-refractivity contribution in [3.05, 3.63) is 36.8 Å². The molecule has 0 fully saturated rings. The predicted octanol–water partition coefficient (Wildman–Crippen LogP) is 1.83. The number of carbonyl (C=O) groups is 1. The van der Waals surface area contributed by atoms with Gasteiger partial charge in [-0.25, -0.2) is 17.7 Å². The lowest BCUT2D eigenvalue weighted by Gasteiger charge is -2.20. The number of pyridine rings is 2. The van der Waals surface area contributed by atoms with Crippen molar-refractivity contribution in [2.45, 2.75) is 38.1 Å². The Bertz CT molecular complexity index is 1120. The lowest BCUT2D eigenvalue weighted by atomic mass is 10.1. The van der Waals surface area contributed by atoms with Crippen molar-refractivity contribution in [3.63, 3.8) is 0 Å². The Morgan fingerprint density at radius 3 is 2.56 bits per heavy atom. The van der Waals surface area contributed by atoms with E-state index in [4.69, 9.17) is 0 Å². The monoisotopic (exact) mass is 388 g/mol. The first-order valence-electron chi connectivity index (χ1n) is 8.17. The van der Waals surface area contributed by atoms with Gasteiger partial charge >= 0.3 is 0 Å². The highest BCUT2D eigenvalue weighted by Gasteiger charge is 2.22. The van der Waals surface area contributed by atoms with Crippen LogP contribution in [0.1, 0.15) is 27.7 Å². The Labute approximate surface area is 156 Å². The zero-order valence-corrected chi connectivity index (χ0v) is 16.2. The van der Waals surface area contributed by atoms with E-state index in [2.05, 4.69) is 25.1 Å². The quantitative estimate of drug-likeness (QED) is 0.704.